The van der Waals surface area contributed by atoms with E-state index >= 15 is 0 Å². The van der Waals surface area contributed by atoms with Crippen molar-refractivity contribution in [3.63, 3.8) is 0 Å². The molecule has 25 heavy (non-hydrogen) atoms. The van der Waals surface area contributed by atoms with Crippen LogP contribution in [0.1, 0.15) is 18.1 Å². The fraction of sp³-hybridized carbons (Fsp3) is 0.235. The van der Waals surface area contributed by atoms with Gasteiger partial charge in [0.2, 0.25) is 5.95 Å². The highest BCUT2D eigenvalue weighted by Gasteiger charge is 2.09. The van der Waals surface area contributed by atoms with Crippen molar-refractivity contribution in [1.82, 2.24) is 20.2 Å². The van der Waals surface area contributed by atoms with Crippen LogP contribution in [-0.4, -0.2) is 20.2 Å². The summed E-state index contributed by atoms with van der Waals surface area (Å²) >= 11 is 3.46. The SMILES string of the molecule is CCn1nnnc1NCc1cc(Br)ccc1OCc1ccccc1F. The lowest BCUT2D eigenvalue weighted by Gasteiger charge is -2.13. The highest BCUT2D eigenvalue weighted by molar-refractivity contribution is 9.10. The third-order valence-corrected chi connectivity index (χ3v) is 4.13. The van der Waals surface area contributed by atoms with Crippen molar-refractivity contribution in [2.24, 2.45) is 0 Å². The fourth-order valence-electron chi connectivity index (χ4n) is 2.32. The fourth-order valence-corrected chi connectivity index (χ4v) is 2.72. The van der Waals surface area contributed by atoms with Crippen molar-refractivity contribution in [2.75, 3.05) is 5.32 Å². The summed E-state index contributed by atoms with van der Waals surface area (Å²) in [6.07, 6.45) is 0. The van der Waals surface area contributed by atoms with Gasteiger partial charge in [-0.15, -0.1) is 0 Å². The molecule has 0 unspecified atom stereocenters. The van der Waals surface area contributed by atoms with E-state index in [0.29, 0.717) is 30.4 Å². The number of halogens is 2. The molecule has 0 amide bonds. The summed E-state index contributed by atoms with van der Waals surface area (Å²) in [5.41, 5.74) is 1.43. The minimum Gasteiger partial charge on any atom is -0.488 e. The molecule has 0 aliphatic rings. The quantitative estimate of drug-likeness (QED) is 0.647. The lowest BCUT2D eigenvalue weighted by molar-refractivity contribution is 0.297. The first-order valence-corrected chi connectivity index (χ1v) is 8.61. The molecule has 0 radical (unpaired) electrons. The minimum atomic E-state index is -0.276. The molecule has 0 spiro atoms. The van der Waals surface area contributed by atoms with Gasteiger partial charge in [-0.1, -0.05) is 39.2 Å². The number of hydrogen-bond acceptors (Lipinski definition) is 5. The number of aryl methyl sites for hydroxylation is 1. The van der Waals surface area contributed by atoms with Gasteiger partial charge >= 0.3 is 0 Å². The van der Waals surface area contributed by atoms with E-state index in [2.05, 4.69) is 36.8 Å². The smallest absolute Gasteiger partial charge is 0.243 e. The first-order valence-electron chi connectivity index (χ1n) is 7.82. The Balaban J connectivity index is 1.73. The van der Waals surface area contributed by atoms with Gasteiger partial charge in [0.25, 0.3) is 0 Å². The van der Waals surface area contributed by atoms with Gasteiger partial charge in [0.1, 0.15) is 18.2 Å². The van der Waals surface area contributed by atoms with Crippen LogP contribution in [0.3, 0.4) is 0 Å². The number of aromatic nitrogens is 4. The van der Waals surface area contributed by atoms with Crippen molar-refractivity contribution < 1.29 is 9.13 Å². The zero-order chi connectivity index (χ0) is 17.6. The molecule has 8 heteroatoms. The molecule has 1 N–H and O–H groups in total. The van der Waals surface area contributed by atoms with Crippen LogP contribution in [0, 0.1) is 5.82 Å². The van der Waals surface area contributed by atoms with Crippen molar-refractivity contribution >= 4 is 21.9 Å². The summed E-state index contributed by atoms with van der Waals surface area (Å²) in [4.78, 5) is 0. The molecule has 0 bridgehead atoms. The molecule has 0 atom stereocenters. The Morgan fingerprint density at radius 3 is 2.84 bits per heavy atom. The lowest BCUT2D eigenvalue weighted by atomic mass is 10.2. The Bertz CT molecular complexity index is 855. The summed E-state index contributed by atoms with van der Waals surface area (Å²) in [6.45, 7) is 3.27. The largest absolute Gasteiger partial charge is 0.488 e. The molecule has 0 fully saturated rings. The second-order valence-corrected chi connectivity index (χ2v) is 6.22. The molecular weight excluding hydrogens is 389 g/mol. The molecule has 6 nitrogen and oxygen atoms in total. The van der Waals surface area contributed by atoms with E-state index < -0.39 is 0 Å². The normalized spacial score (nSPS) is 10.7. The third kappa shape index (κ3) is 4.33. The number of benzene rings is 2. The van der Waals surface area contributed by atoms with E-state index in [9.17, 15) is 4.39 Å². The number of rotatable bonds is 7. The summed E-state index contributed by atoms with van der Waals surface area (Å²) in [6, 6.07) is 12.3. The molecule has 3 rings (SSSR count). The van der Waals surface area contributed by atoms with Crippen LogP contribution >= 0.6 is 15.9 Å². The van der Waals surface area contributed by atoms with Crippen LogP contribution in [-0.2, 0) is 19.7 Å². The molecule has 0 saturated heterocycles. The molecule has 1 heterocycles. The number of anilines is 1. The Labute approximate surface area is 153 Å². The monoisotopic (exact) mass is 405 g/mol. The van der Waals surface area contributed by atoms with Gasteiger partial charge in [0.05, 0.1) is 0 Å². The molecule has 0 saturated carbocycles. The standard InChI is InChI=1S/C17H17BrFN5O/c1-2-24-17(21-22-23-24)20-10-13-9-14(18)7-8-16(13)25-11-12-5-3-4-6-15(12)19/h3-9H,2,10-11H2,1H3,(H,20,21,23). The maximum atomic E-state index is 13.7. The van der Waals surface area contributed by atoms with E-state index in [1.165, 1.54) is 6.07 Å². The Kier molecular flexibility index (Phi) is 5.60. The minimum absolute atomic E-state index is 0.161. The van der Waals surface area contributed by atoms with E-state index in [4.69, 9.17) is 4.74 Å². The van der Waals surface area contributed by atoms with Gasteiger partial charge in [0.15, 0.2) is 0 Å². The molecular formula is C17H17BrFN5O. The van der Waals surface area contributed by atoms with Crippen LogP contribution in [0.15, 0.2) is 46.9 Å². The number of nitrogens with one attached hydrogen (secondary N) is 1. The highest BCUT2D eigenvalue weighted by atomic mass is 79.9. The van der Waals surface area contributed by atoms with Crippen molar-refractivity contribution in [2.45, 2.75) is 26.6 Å². The summed E-state index contributed by atoms with van der Waals surface area (Å²) in [5.74, 6) is 0.985. The highest BCUT2D eigenvalue weighted by Crippen LogP contribution is 2.25. The number of nitrogens with zero attached hydrogens (tertiary/aromatic N) is 4. The summed E-state index contributed by atoms with van der Waals surface area (Å²) < 4.78 is 22.2. The second-order valence-electron chi connectivity index (χ2n) is 5.30. The van der Waals surface area contributed by atoms with Gasteiger partial charge in [-0.05, 0) is 41.6 Å². The van der Waals surface area contributed by atoms with Gasteiger partial charge < -0.3 is 10.1 Å². The maximum Gasteiger partial charge on any atom is 0.243 e. The van der Waals surface area contributed by atoms with Crippen LogP contribution in [0.2, 0.25) is 0 Å². The first kappa shape index (κ1) is 17.3. The average Bonchev–Trinajstić information content (AvgIpc) is 3.08. The predicted octanol–water partition coefficient (Wildman–Crippen LogP) is 3.79. The van der Waals surface area contributed by atoms with Gasteiger partial charge in [-0.25, -0.2) is 9.07 Å². The zero-order valence-corrected chi connectivity index (χ0v) is 15.2. The van der Waals surface area contributed by atoms with E-state index in [1.54, 1.807) is 22.9 Å². The Hall–Kier alpha value is -2.48. The van der Waals surface area contributed by atoms with Gasteiger partial charge in [0, 0.05) is 28.7 Å². The zero-order valence-electron chi connectivity index (χ0n) is 13.6. The van der Waals surface area contributed by atoms with Crippen LogP contribution in [0.5, 0.6) is 5.75 Å². The van der Waals surface area contributed by atoms with E-state index in [1.807, 2.05) is 25.1 Å². The summed E-state index contributed by atoms with van der Waals surface area (Å²) in [7, 11) is 0. The third-order valence-electron chi connectivity index (χ3n) is 3.63. The topological polar surface area (TPSA) is 64.9 Å². The van der Waals surface area contributed by atoms with Crippen molar-refractivity contribution in [1.29, 1.82) is 0 Å². The van der Waals surface area contributed by atoms with Crippen molar-refractivity contribution in [3.8, 4) is 5.75 Å². The molecule has 0 aliphatic carbocycles. The van der Waals surface area contributed by atoms with E-state index in [-0.39, 0.29) is 12.4 Å². The molecule has 3 aromatic rings. The second kappa shape index (κ2) is 8.06. The number of tetrazole rings is 1. The Morgan fingerprint density at radius 1 is 1.20 bits per heavy atom. The number of hydrogen-bond donors (Lipinski definition) is 1. The predicted molar refractivity (Wildman–Crippen MR) is 95.7 cm³/mol. The van der Waals surface area contributed by atoms with Crippen LogP contribution in [0.25, 0.3) is 0 Å². The maximum absolute atomic E-state index is 13.7. The molecule has 2 aromatic carbocycles. The average molecular weight is 406 g/mol. The van der Waals surface area contributed by atoms with Crippen LogP contribution < -0.4 is 10.1 Å². The van der Waals surface area contributed by atoms with Gasteiger partial charge in [-0.2, -0.15) is 0 Å². The van der Waals surface area contributed by atoms with Crippen LogP contribution in [0.4, 0.5) is 10.3 Å². The molecule has 1 aromatic heterocycles. The van der Waals surface area contributed by atoms with Crippen molar-refractivity contribution in [3.05, 3.63) is 63.9 Å². The summed E-state index contributed by atoms with van der Waals surface area (Å²) in [5, 5.41) is 14.7. The Morgan fingerprint density at radius 2 is 2.04 bits per heavy atom. The number of ether oxygens (including phenoxy) is 1. The lowest BCUT2D eigenvalue weighted by Crippen LogP contribution is -2.09. The molecule has 0 aliphatic heterocycles. The van der Waals surface area contributed by atoms with E-state index in [0.717, 1.165) is 10.0 Å². The van der Waals surface area contributed by atoms with Gasteiger partial charge in [-0.3, -0.25) is 0 Å². The first-order chi connectivity index (χ1) is 12.2. The molecule has 130 valence electrons.